The van der Waals surface area contributed by atoms with Crippen LogP contribution in [0.4, 0.5) is 0 Å². The number of pyridine rings is 1. The predicted octanol–water partition coefficient (Wildman–Crippen LogP) is 2.81. The van der Waals surface area contributed by atoms with Gasteiger partial charge in [-0.2, -0.15) is 0 Å². The Morgan fingerprint density at radius 2 is 1.62 bits per heavy atom. The van der Waals surface area contributed by atoms with Crippen molar-refractivity contribution in [1.82, 2.24) is 9.71 Å². The highest BCUT2D eigenvalue weighted by atomic mass is 32.2. The summed E-state index contributed by atoms with van der Waals surface area (Å²) in [6.07, 6.45) is 3.93. The molecule has 4 nitrogen and oxygen atoms in total. The summed E-state index contributed by atoms with van der Waals surface area (Å²) >= 11 is 0. The van der Waals surface area contributed by atoms with Crippen LogP contribution in [0.5, 0.6) is 0 Å². The molecule has 1 aromatic carbocycles. The second-order valence-electron chi connectivity index (χ2n) is 5.06. The minimum Gasteiger partial charge on any atom is -0.265 e. The Balaban J connectivity index is 2.38. The van der Waals surface area contributed by atoms with Crippen LogP contribution in [0.15, 0.2) is 48.8 Å². The van der Waals surface area contributed by atoms with Gasteiger partial charge in [0.15, 0.2) is 0 Å². The minimum atomic E-state index is -3.31. The fraction of sp³-hybridized carbons (Fsp3) is 0.312. The summed E-state index contributed by atoms with van der Waals surface area (Å²) in [5.74, 6) is 0.125. The molecule has 112 valence electrons. The van der Waals surface area contributed by atoms with Gasteiger partial charge in [-0.15, -0.1) is 0 Å². The lowest BCUT2D eigenvalue weighted by Gasteiger charge is -2.19. The quantitative estimate of drug-likeness (QED) is 0.892. The van der Waals surface area contributed by atoms with Crippen molar-refractivity contribution in [3.05, 3.63) is 65.5 Å². The molecule has 0 spiro atoms. The highest BCUT2D eigenvalue weighted by Gasteiger charge is 2.20. The third-order valence-corrected chi connectivity index (χ3v) is 4.76. The molecule has 0 aliphatic heterocycles. The number of aryl methyl sites for hydroxylation is 1. The smallest absolute Gasteiger partial charge is 0.212 e. The lowest BCUT2D eigenvalue weighted by atomic mass is 10.00. The fourth-order valence-corrected chi connectivity index (χ4v) is 3.44. The zero-order chi connectivity index (χ0) is 15.3. The SMILES string of the molecule is CCCS(=O)(=O)NC(c1ccncc1)c1ccc(C)cc1. The van der Waals surface area contributed by atoms with Crippen LogP contribution in [0.2, 0.25) is 0 Å². The fourth-order valence-electron chi connectivity index (χ4n) is 2.15. The lowest BCUT2D eigenvalue weighted by Crippen LogP contribution is -2.31. The van der Waals surface area contributed by atoms with Crippen molar-refractivity contribution < 1.29 is 8.42 Å². The van der Waals surface area contributed by atoms with E-state index >= 15 is 0 Å². The summed E-state index contributed by atoms with van der Waals surface area (Å²) in [5, 5.41) is 0. The van der Waals surface area contributed by atoms with E-state index in [-0.39, 0.29) is 11.8 Å². The Labute approximate surface area is 126 Å². The van der Waals surface area contributed by atoms with Crippen molar-refractivity contribution in [1.29, 1.82) is 0 Å². The molecule has 0 aliphatic rings. The van der Waals surface area contributed by atoms with E-state index in [2.05, 4.69) is 9.71 Å². The van der Waals surface area contributed by atoms with Crippen LogP contribution in [0.3, 0.4) is 0 Å². The summed E-state index contributed by atoms with van der Waals surface area (Å²) in [5.41, 5.74) is 2.95. The molecule has 21 heavy (non-hydrogen) atoms. The Hall–Kier alpha value is -1.72. The number of nitrogens with zero attached hydrogens (tertiary/aromatic N) is 1. The van der Waals surface area contributed by atoms with Crippen molar-refractivity contribution in [2.24, 2.45) is 0 Å². The molecule has 5 heteroatoms. The first-order valence-electron chi connectivity index (χ1n) is 6.98. The van der Waals surface area contributed by atoms with Crippen molar-refractivity contribution in [3.63, 3.8) is 0 Å². The van der Waals surface area contributed by atoms with Gasteiger partial charge in [0, 0.05) is 12.4 Å². The molecule has 1 unspecified atom stereocenters. The van der Waals surface area contributed by atoms with Gasteiger partial charge in [0.05, 0.1) is 11.8 Å². The van der Waals surface area contributed by atoms with Gasteiger partial charge >= 0.3 is 0 Å². The monoisotopic (exact) mass is 304 g/mol. The maximum absolute atomic E-state index is 12.1. The molecule has 1 heterocycles. The molecule has 2 aromatic rings. The maximum Gasteiger partial charge on any atom is 0.212 e. The van der Waals surface area contributed by atoms with Gasteiger partial charge in [0.1, 0.15) is 0 Å². The first kappa shape index (κ1) is 15.7. The molecular weight excluding hydrogens is 284 g/mol. The summed E-state index contributed by atoms with van der Waals surface area (Å²) in [7, 11) is -3.31. The zero-order valence-electron chi connectivity index (χ0n) is 12.3. The summed E-state index contributed by atoms with van der Waals surface area (Å²) in [4.78, 5) is 3.99. The molecule has 0 amide bonds. The number of benzene rings is 1. The first-order chi connectivity index (χ1) is 10.0. The molecule has 0 radical (unpaired) electrons. The summed E-state index contributed by atoms with van der Waals surface area (Å²) < 4.78 is 27.0. The van der Waals surface area contributed by atoms with Crippen LogP contribution in [-0.2, 0) is 10.0 Å². The average Bonchev–Trinajstić information content (AvgIpc) is 2.47. The van der Waals surface area contributed by atoms with Crippen molar-refractivity contribution in [3.8, 4) is 0 Å². The molecule has 1 N–H and O–H groups in total. The first-order valence-corrected chi connectivity index (χ1v) is 8.63. The van der Waals surface area contributed by atoms with E-state index in [0.717, 1.165) is 16.7 Å². The number of aromatic nitrogens is 1. The van der Waals surface area contributed by atoms with E-state index < -0.39 is 10.0 Å². The Morgan fingerprint density at radius 1 is 1.05 bits per heavy atom. The van der Waals surface area contributed by atoms with E-state index in [4.69, 9.17) is 0 Å². The van der Waals surface area contributed by atoms with Crippen LogP contribution >= 0.6 is 0 Å². The molecule has 0 fully saturated rings. The van der Waals surface area contributed by atoms with Crippen LogP contribution < -0.4 is 4.72 Å². The molecule has 0 aliphatic carbocycles. The molecule has 2 rings (SSSR count). The van der Waals surface area contributed by atoms with Gasteiger partial charge in [-0.3, -0.25) is 4.98 Å². The third-order valence-electron chi connectivity index (χ3n) is 3.22. The van der Waals surface area contributed by atoms with E-state index in [9.17, 15) is 8.42 Å². The Bertz CT molecular complexity index is 667. The number of sulfonamides is 1. The molecule has 1 aromatic heterocycles. The van der Waals surface area contributed by atoms with Gasteiger partial charge in [0.2, 0.25) is 10.0 Å². The maximum atomic E-state index is 12.1. The van der Waals surface area contributed by atoms with E-state index in [0.29, 0.717) is 6.42 Å². The summed E-state index contributed by atoms with van der Waals surface area (Å²) in [6, 6.07) is 11.2. The zero-order valence-corrected chi connectivity index (χ0v) is 13.1. The Morgan fingerprint density at radius 3 is 2.19 bits per heavy atom. The van der Waals surface area contributed by atoms with Gasteiger partial charge in [0.25, 0.3) is 0 Å². The average molecular weight is 304 g/mol. The van der Waals surface area contributed by atoms with Crippen molar-refractivity contribution in [2.45, 2.75) is 26.3 Å². The number of hydrogen-bond acceptors (Lipinski definition) is 3. The number of hydrogen-bond donors (Lipinski definition) is 1. The largest absolute Gasteiger partial charge is 0.265 e. The van der Waals surface area contributed by atoms with E-state index in [1.165, 1.54) is 0 Å². The van der Waals surface area contributed by atoms with Crippen LogP contribution in [0.1, 0.15) is 36.1 Å². The lowest BCUT2D eigenvalue weighted by molar-refractivity contribution is 0.570. The molecule has 0 saturated carbocycles. The van der Waals surface area contributed by atoms with Crippen LogP contribution in [-0.4, -0.2) is 19.2 Å². The second-order valence-corrected chi connectivity index (χ2v) is 6.93. The number of nitrogens with one attached hydrogen (secondary N) is 1. The third kappa shape index (κ3) is 4.37. The van der Waals surface area contributed by atoms with Gasteiger partial charge in [-0.25, -0.2) is 13.1 Å². The molecular formula is C16H20N2O2S. The van der Waals surface area contributed by atoms with E-state index in [1.54, 1.807) is 12.4 Å². The predicted molar refractivity (Wildman–Crippen MR) is 84.5 cm³/mol. The van der Waals surface area contributed by atoms with Gasteiger partial charge in [-0.1, -0.05) is 36.8 Å². The molecule has 0 saturated heterocycles. The van der Waals surface area contributed by atoms with Crippen LogP contribution in [0.25, 0.3) is 0 Å². The summed E-state index contributed by atoms with van der Waals surface area (Å²) in [6.45, 7) is 3.86. The standard InChI is InChI=1S/C16H20N2O2S/c1-3-12-21(19,20)18-16(15-8-10-17-11-9-15)14-6-4-13(2)5-7-14/h4-11,16,18H,3,12H2,1-2H3. The highest BCUT2D eigenvalue weighted by Crippen LogP contribution is 2.23. The van der Waals surface area contributed by atoms with Gasteiger partial charge < -0.3 is 0 Å². The molecule has 0 bridgehead atoms. The Kier molecular flexibility index (Phi) is 5.09. The van der Waals surface area contributed by atoms with Gasteiger partial charge in [-0.05, 0) is 36.6 Å². The van der Waals surface area contributed by atoms with E-state index in [1.807, 2.05) is 50.2 Å². The second kappa shape index (κ2) is 6.83. The normalized spacial score (nSPS) is 13.0. The van der Waals surface area contributed by atoms with Crippen LogP contribution in [0, 0.1) is 6.92 Å². The molecule has 1 atom stereocenters. The minimum absolute atomic E-state index is 0.125. The van der Waals surface area contributed by atoms with Crippen molar-refractivity contribution in [2.75, 3.05) is 5.75 Å². The number of rotatable bonds is 6. The topological polar surface area (TPSA) is 59.1 Å². The highest BCUT2D eigenvalue weighted by molar-refractivity contribution is 7.89. The van der Waals surface area contributed by atoms with Crippen molar-refractivity contribution >= 4 is 10.0 Å².